The van der Waals surface area contributed by atoms with Crippen molar-refractivity contribution in [3.8, 4) is 6.07 Å². The molecule has 0 radical (unpaired) electrons. The van der Waals surface area contributed by atoms with Crippen molar-refractivity contribution in [3.05, 3.63) is 29.3 Å². The maximum absolute atomic E-state index is 11.6. The minimum absolute atomic E-state index is 0.256. The van der Waals surface area contributed by atoms with Gasteiger partial charge in [0.25, 0.3) is 0 Å². The van der Waals surface area contributed by atoms with Crippen molar-refractivity contribution >= 4 is 17.5 Å². The predicted octanol–water partition coefficient (Wildman–Crippen LogP) is 2.05. The zero-order valence-electron chi connectivity index (χ0n) is 12.4. The van der Waals surface area contributed by atoms with Crippen LogP contribution in [0, 0.1) is 11.3 Å². The van der Waals surface area contributed by atoms with Gasteiger partial charge in [0, 0.05) is 12.1 Å². The Morgan fingerprint density at radius 1 is 1.48 bits per heavy atom. The molecule has 1 rings (SSSR count). The summed E-state index contributed by atoms with van der Waals surface area (Å²) in [4.78, 5) is 15.3. The first-order chi connectivity index (χ1) is 9.75. The van der Waals surface area contributed by atoms with Crippen molar-refractivity contribution in [1.29, 1.82) is 5.26 Å². The predicted molar refractivity (Wildman–Crippen MR) is 80.0 cm³/mol. The first kappa shape index (κ1) is 16.7. The van der Waals surface area contributed by atoms with E-state index in [9.17, 15) is 9.90 Å². The average Bonchev–Trinajstić information content (AvgIpc) is 2.36. The zero-order chi connectivity index (χ0) is 16.0. The van der Waals surface area contributed by atoms with Crippen LogP contribution in [0.25, 0.3) is 0 Å². The highest BCUT2D eigenvalue weighted by Gasteiger charge is 2.16. The third kappa shape index (κ3) is 5.63. The topological polar surface area (TPSA) is 109 Å². The molecular weight excluding hydrogens is 270 g/mol. The SMILES string of the molecule is CC(C)(C)OC(=O)N=C(CO)Cc1ccc(C#N)c(N)c1. The smallest absolute Gasteiger partial charge is 0.434 e. The van der Waals surface area contributed by atoms with Gasteiger partial charge in [-0.1, -0.05) is 6.07 Å². The van der Waals surface area contributed by atoms with E-state index in [-0.39, 0.29) is 18.7 Å². The number of nitrogens with two attached hydrogens (primary N) is 1. The van der Waals surface area contributed by atoms with Crippen LogP contribution in [0.5, 0.6) is 0 Å². The molecule has 0 saturated heterocycles. The molecule has 3 N–H and O–H groups in total. The summed E-state index contributed by atoms with van der Waals surface area (Å²) in [5.74, 6) is 0. The van der Waals surface area contributed by atoms with Crippen molar-refractivity contribution in [2.45, 2.75) is 32.8 Å². The van der Waals surface area contributed by atoms with Crippen LogP contribution in [0.1, 0.15) is 31.9 Å². The molecule has 112 valence electrons. The fourth-order valence-electron chi connectivity index (χ4n) is 1.60. The number of amides is 1. The normalized spacial score (nSPS) is 11.9. The fraction of sp³-hybridized carbons (Fsp3) is 0.400. The molecule has 0 aromatic heterocycles. The van der Waals surface area contributed by atoms with Crippen LogP contribution in [0.4, 0.5) is 10.5 Å². The lowest BCUT2D eigenvalue weighted by Crippen LogP contribution is -2.23. The first-order valence-electron chi connectivity index (χ1n) is 6.44. The number of hydrogen-bond acceptors (Lipinski definition) is 5. The summed E-state index contributed by atoms with van der Waals surface area (Å²) in [6, 6.07) is 6.89. The summed E-state index contributed by atoms with van der Waals surface area (Å²) in [6.45, 7) is 4.85. The van der Waals surface area contributed by atoms with E-state index < -0.39 is 11.7 Å². The summed E-state index contributed by atoms with van der Waals surface area (Å²) in [7, 11) is 0. The molecule has 0 atom stereocenters. The number of aliphatic imine (C=N–C) groups is 1. The number of aliphatic hydroxyl groups is 1. The van der Waals surface area contributed by atoms with Crippen LogP contribution >= 0.6 is 0 Å². The number of hydrogen-bond donors (Lipinski definition) is 2. The summed E-state index contributed by atoms with van der Waals surface area (Å²) >= 11 is 0. The lowest BCUT2D eigenvalue weighted by atomic mass is 10.1. The molecule has 1 aromatic rings. The van der Waals surface area contributed by atoms with Crippen LogP contribution in [0.3, 0.4) is 0 Å². The number of nitriles is 1. The number of ether oxygens (including phenoxy) is 1. The number of rotatable bonds is 3. The Bertz CT molecular complexity index is 595. The number of nitrogens with zero attached hydrogens (tertiary/aromatic N) is 2. The van der Waals surface area contributed by atoms with Gasteiger partial charge < -0.3 is 15.6 Å². The molecule has 0 fully saturated rings. The number of carbonyl (C=O) groups is 1. The van der Waals surface area contributed by atoms with Gasteiger partial charge in [0.2, 0.25) is 0 Å². The Labute approximate surface area is 123 Å². The van der Waals surface area contributed by atoms with E-state index in [2.05, 4.69) is 4.99 Å². The highest BCUT2D eigenvalue weighted by molar-refractivity contribution is 5.95. The van der Waals surface area contributed by atoms with Gasteiger partial charge in [-0.15, -0.1) is 0 Å². The molecular formula is C15H19N3O3. The molecule has 0 bridgehead atoms. The van der Waals surface area contributed by atoms with Crippen LogP contribution < -0.4 is 5.73 Å². The Hall–Kier alpha value is -2.39. The molecule has 1 amide bonds. The molecule has 0 heterocycles. The quantitative estimate of drug-likeness (QED) is 0.654. The number of aliphatic hydroxyl groups excluding tert-OH is 1. The Morgan fingerprint density at radius 2 is 2.14 bits per heavy atom. The maximum Gasteiger partial charge on any atom is 0.434 e. The lowest BCUT2D eigenvalue weighted by Gasteiger charge is -2.17. The molecule has 6 heteroatoms. The summed E-state index contributed by atoms with van der Waals surface area (Å²) in [6.07, 6.45) is -0.487. The molecule has 0 saturated carbocycles. The summed E-state index contributed by atoms with van der Waals surface area (Å²) in [5.41, 5.74) is 6.84. The van der Waals surface area contributed by atoms with E-state index in [0.29, 0.717) is 11.3 Å². The summed E-state index contributed by atoms with van der Waals surface area (Å²) < 4.78 is 5.06. The second-order valence-corrected chi connectivity index (χ2v) is 5.53. The second-order valence-electron chi connectivity index (χ2n) is 5.53. The van der Waals surface area contributed by atoms with E-state index in [1.807, 2.05) is 6.07 Å². The Kier molecular flexibility index (Phi) is 5.44. The van der Waals surface area contributed by atoms with Crippen LogP contribution in [0.2, 0.25) is 0 Å². The highest BCUT2D eigenvalue weighted by Crippen LogP contribution is 2.14. The first-order valence-corrected chi connectivity index (χ1v) is 6.44. The molecule has 0 aliphatic rings. The van der Waals surface area contributed by atoms with Crippen LogP contribution in [0.15, 0.2) is 23.2 Å². The second kappa shape index (κ2) is 6.86. The van der Waals surface area contributed by atoms with Gasteiger partial charge in [0.15, 0.2) is 0 Å². The van der Waals surface area contributed by atoms with Crippen LogP contribution in [-0.2, 0) is 11.2 Å². The third-order valence-electron chi connectivity index (χ3n) is 2.47. The Balaban J connectivity index is 2.85. The van der Waals surface area contributed by atoms with E-state index in [1.54, 1.807) is 39.0 Å². The van der Waals surface area contributed by atoms with Gasteiger partial charge in [-0.05, 0) is 38.5 Å². The van der Waals surface area contributed by atoms with Crippen LogP contribution in [-0.4, -0.2) is 29.1 Å². The largest absolute Gasteiger partial charge is 0.442 e. The number of benzene rings is 1. The van der Waals surface area contributed by atoms with Gasteiger partial charge in [0.1, 0.15) is 11.7 Å². The standard InChI is InChI=1S/C15H19N3O3/c1-15(2,3)21-14(20)18-12(9-19)6-10-4-5-11(8-16)13(17)7-10/h4-5,7,19H,6,9,17H2,1-3H3. The molecule has 0 spiro atoms. The van der Waals surface area contributed by atoms with Gasteiger partial charge in [0.05, 0.1) is 17.9 Å². The third-order valence-corrected chi connectivity index (χ3v) is 2.47. The minimum atomic E-state index is -0.742. The zero-order valence-corrected chi connectivity index (χ0v) is 12.4. The van der Waals surface area contributed by atoms with Gasteiger partial charge in [-0.25, -0.2) is 4.79 Å². The van der Waals surface area contributed by atoms with Crippen molar-refractivity contribution in [1.82, 2.24) is 0 Å². The number of carbonyl (C=O) groups excluding carboxylic acids is 1. The molecule has 0 aliphatic carbocycles. The molecule has 0 unspecified atom stereocenters. The monoisotopic (exact) mass is 289 g/mol. The van der Waals surface area contributed by atoms with E-state index in [0.717, 1.165) is 5.56 Å². The Morgan fingerprint density at radius 3 is 2.62 bits per heavy atom. The molecule has 6 nitrogen and oxygen atoms in total. The van der Waals surface area contributed by atoms with Crippen molar-refractivity contribution in [2.24, 2.45) is 4.99 Å². The van der Waals surface area contributed by atoms with Crippen molar-refractivity contribution in [3.63, 3.8) is 0 Å². The molecule has 21 heavy (non-hydrogen) atoms. The summed E-state index contributed by atoms with van der Waals surface area (Å²) in [5, 5.41) is 18.1. The minimum Gasteiger partial charge on any atom is -0.442 e. The van der Waals surface area contributed by atoms with Crippen molar-refractivity contribution in [2.75, 3.05) is 12.3 Å². The lowest BCUT2D eigenvalue weighted by molar-refractivity contribution is 0.0603. The maximum atomic E-state index is 11.6. The molecule has 0 aliphatic heterocycles. The van der Waals surface area contributed by atoms with Crippen molar-refractivity contribution < 1.29 is 14.6 Å². The van der Waals surface area contributed by atoms with Gasteiger partial charge in [-0.3, -0.25) is 0 Å². The van der Waals surface area contributed by atoms with E-state index in [1.165, 1.54) is 0 Å². The fourth-order valence-corrected chi connectivity index (χ4v) is 1.60. The van der Waals surface area contributed by atoms with E-state index in [4.69, 9.17) is 15.7 Å². The average molecular weight is 289 g/mol. The van der Waals surface area contributed by atoms with Gasteiger partial charge >= 0.3 is 6.09 Å². The number of anilines is 1. The van der Waals surface area contributed by atoms with E-state index >= 15 is 0 Å². The highest BCUT2D eigenvalue weighted by atomic mass is 16.6. The van der Waals surface area contributed by atoms with Gasteiger partial charge in [-0.2, -0.15) is 10.3 Å². The molecule has 1 aromatic carbocycles. The number of nitrogen functional groups attached to an aromatic ring is 1.